The minimum Gasteiger partial charge on any atom is -0.481 e. The number of anilines is 3. The van der Waals surface area contributed by atoms with E-state index in [4.69, 9.17) is 0 Å². The van der Waals surface area contributed by atoms with Gasteiger partial charge in [0.05, 0.1) is 17.8 Å². The molecule has 4 heterocycles. The van der Waals surface area contributed by atoms with E-state index in [9.17, 15) is 29.7 Å². The summed E-state index contributed by atoms with van der Waals surface area (Å²) in [6.07, 6.45) is 3.08. The quantitative estimate of drug-likeness (QED) is 0.546. The van der Waals surface area contributed by atoms with Crippen molar-refractivity contribution in [2.75, 3.05) is 54.0 Å². The second-order valence-electron chi connectivity index (χ2n) is 9.03. The standard InChI is InChI=1S/C21H30N6O6/c28-16(29)13-1-7-25(8-2-13)19-22-20(26-9-3-14(4-10-26)17(30)31)24-21(23-19)27-11-5-15(6-12-27)18(32)33/h13-15H,1-12H2,(H,28,29)(H,30,31)(H,32,33). The zero-order valence-corrected chi connectivity index (χ0v) is 18.5. The lowest BCUT2D eigenvalue weighted by Gasteiger charge is -2.35. The maximum atomic E-state index is 11.3. The van der Waals surface area contributed by atoms with E-state index in [1.54, 1.807) is 0 Å². The molecule has 3 saturated heterocycles. The van der Waals surface area contributed by atoms with Crippen molar-refractivity contribution in [3.63, 3.8) is 0 Å². The van der Waals surface area contributed by atoms with Gasteiger partial charge < -0.3 is 30.0 Å². The number of hydrogen-bond donors (Lipinski definition) is 3. The predicted octanol–water partition coefficient (Wildman–Crippen LogP) is 0.775. The molecule has 3 aliphatic rings. The number of aliphatic carboxylic acids is 3. The number of hydrogen-bond acceptors (Lipinski definition) is 9. The van der Waals surface area contributed by atoms with Crippen LogP contribution in [0.5, 0.6) is 0 Å². The van der Waals surface area contributed by atoms with Gasteiger partial charge in [0, 0.05) is 39.3 Å². The zero-order valence-electron chi connectivity index (χ0n) is 18.5. The van der Waals surface area contributed by atoms with Gasteiger partial charge in [-0.2, -0.15) is 15.0 Å². The summed E-state index contributed by atoms with van der Waals surface area (Å²) in [6.45, 7) is 3.18. The Morgan fingerprint density at radius 2 is 0.727 bits per heavy atom. The largest absolute Gasteiger partial charge is 0.481 e. The molecule has 0 unspecified atom stereocenters. The molecule has 3 N–H and O–H groups in total. The number of carboxylic acids is 3. The van der Waals surface area contributed by atoms with Crippen molar-refractivity contribution in [3.8, 4) is 0 Å². The van der Waals surface area contributed by atoms with E-state index in [0.29, 0.717) is 95.6 Å². The Balaban J connectivity index is 1.55. The Morgan fingerprint density at radius 3 is 0.909 bits per heavy atom. The molecular formula is C21H30N6O6. The fourth-order valence-electron chi connectivity index (χ4n) is 4.75. The monoisotopic (exact) mass is 462 g/mol. The number of aromatic nitrogens is 3. The summed E-state index contributed by atoms with van der Waals surface area (Å²) in [7, 11) is 0. The molecule has 4 rings (SSSR count). The van der Waals surface area contributed by atoms with Crippen molar-refractivity contribution < 1.29 is 29.7 Å². The van der Waals surface area contributed by atoms with Gasteiger partial charge in [-0.3, -0.25) is 14.4 Å². The minimum absolute atomic E-state index is 0.368. The lowest BCUT2D eigenvalue weighted by molar-refractivity contribution is -0.143. The second kappa shape index (κ2) is 9.75. The van der Waals surface area contributed by atoms with E-state index < -0.39 is 17.9 Å². The van der Waals surface area contributed by atoms with Gasteiger partial charge in [0.2, 0.25) is 17.8 Å². The van der Waals surface area contributed by atoms with Crippen LogP contribution in [0.25, 0.3) is 0 Å². The highest BCUT2D eigenvalue weighted by Gasteiger charge is 2.31. The van der Waals surface area contributed by atoms with E-state index in [0.717, 1.165) is 0 Å². The third-order valence-electron chi connectivity index (χ3n) is 6.98. The molecule has 0 bridgehead atoms. The molecule has 0 saturated carbocycles. The molecule has 12 nitrogen and oxygen atoms in total. The Hall–Kier alpha value is -3.18. The van der Waals surface area contributed by atoms with Crippen molar-refractivity contribution in [2.45, 2.75) is 38.5 Å². The number of carboxylic acid groups (broad SMARTS) is 3. The summed E-state index contributed by atoms with van der Waals surface area (Å²) < 4.78 is 0. The summed E-state index contributed by atoms with van der Waals surface area (Å²) in [5, 5.41) is 27.9. The van der Waals surface area contributed by atoms with Gasteiger partial charge in [0.1, 0.15) is 0 Å². The van der Waals surface area contributed by atoms with Crippen LogP contribution in [0, 0.1) is 17.8 Å². The lowest BCUT2D eigenvalue weighted by Crippen LogP contribution is -2.41. The Labute approximate surface area is 191 Å². The Bertz CT molecular complexity index is 763. The fraction of sp³-hybridized carbons (Fsp3) is 0.714. The van der Waals surface area contributed by atoms with Crippen LogP contribution in [0.3, 0.4) is 0 Å². The number of nitrogens with zero attached hydrogens (tertiary/aromatic N) is 6. The molecule has 12 heteroatoms. The molecule has 33 heavy (non-hydrogen) atoms. The predicted molar refractivity (Wildman–Crippen MR) is 118 cm³/mol. The third kappa shape index (κ3) is 5.25. The molecule has 1 aromatic rings. The van der Waals surface area contributed by atoms with Gasteiger partial charge in [-0.15, -0.1) is 0 Å². The van der Waals surface area contributed by atoms with Crippen LogP contribution in [0.4, 0.5) is 17.8 Å². The van der Waals surface area contributed by atoms with Crippen LogP contribution in [-0.4, -0.2) is 87.4 Å². The number of carbonyl (C=O) groups is 3. The average Bonchev–Trinajstić information content (AvgIpc) is 2.84. The van der Waals surface area contributed by atoms with E-state index in [1.807, 2.05) is 14.7 Å². The maximum Gasteiger partial charge on any atom is 0.306 e. The smallest absolute Gasteiger partial charge is 0.306 e. The van der Waals surface area contributed by atoms with Crippen molar-refractivity contribution >= 4 is 35.8 Å². The molecule has 0 aliphatic carbocycles. The van der Waals surface area contributed by atoms with Crippen molar-refractivity contribution in [3.05, 3.63) is 0 Å². The molecular weight excluding hydrogens is 432 g/mol. The first-order valence-electron chi connectivity index (χ1n) is 11.5. The number of piperidine rings is 3. The van der Waals surface area contributed by atoms with Gasteiger partial charge in [-0.25, -0.2) is 0 Å². The molecule has 0 atom stereocenters. The molecule has 0 amide bonds. The first-order chi connectivity index (χ1) is 15.8. The highest BCUT2D eigenvalue weighted by molar-refractivity contribution is 5.71. The summed E-state index contributed by atoms with van der Waals surface area (Å²) in [4.78, 5) is 53.9. The van der Waals surface area contributed by atoms with E-state index in [2.05, 4.69) is 15.0 Å². The SMILES string of the molecule is O=C(O)C1CCN(c2nc(N3CCC(C(=O)O)CC3)nc(N3CCC(C(=O)O)CC3)n2)CC1. The molecule has 0 radical (unpaired) electrons. The summed E-state index contributed by atoms with van der Waals surface area (Å²) in [6, 6.07) is 0. The van der Waals surface area contributed by atoms with E-state index in [1.165, 1.54) is 0 Å². The lowest BCUT2D eigenvalue weighted by atomic mass is 9.97. The molecule has 3 fully saturated rings. The Kier molecular flexibility index (Phi) is 6.80. The normalized spacial score (nSPS) is 21.3. The molecule has 3 aliphatic heterocycles. The summed E-state index contributed by atoms with van der Waals surface area (Å²) >= 11 is 0. The van der Waals surface area contributed by atoms with Crippen LogP contribution in [0.1, 0.15) is 38.5 Å². The highest BCUT2D eigenvalue weighted by atomic mass is 16.4. The Morgan fingerprint density at radius 1 is 0.515 bits per heavy atom. The van der Waals surface area contributed by atoms with E-state index >= 15 is 0 Å². The molecule has 180 valence electrons. The maximum absolute atomic E-state index is 11.3. The van der Waals surface area contributed by atoms with Crippen LogP contribution >= 0.6 is 0 Å². The van der Waals surface area contributed by atoms with Crippen molar-refractivity contribution in [2.24, 2.45) is 17.8 Å². The average molecular weight is 463 g/mol. The van der Waals surface area contributed by atoms with Crippen molar-refractivity contribution in [1.82, 2.24) is 15.0 Å². The van der Waals surface area contributed by atoms with Gasteiger partial charge in [0.15, 0.2) is 0 Å². The third-order valence-corrected chi connectivity index (χ3v) is 6.98. The van der Waals surface area contributed by atoms with Crippen LogP contribution < -0.4 is 14.7 Å². The highest BCUT2D eigenvalue weighted by Crippen LogP contribution is 2.28. The molecule has 1 aromatic heterocycles. The van der Waals surface area contributed by atoms with Gasteiger partial charge in [0.25, 0.3) is 0 Å². The van der Waals surface area contributed by atoms with Crippen molar-refractivity contribution in [1.29, 1.82) is 0 Å². The topological polar surface area (TPSA) is 160 Å². The zero-order chi connectivity index (χ0) is 23.5. The second-order valence-corrected chi connectivity index (χ2v) is 9.03. The first kappa shape index (κ1) is 23.0. The summed E-state index contributed by atoms with van der Waals surface area (Å²) in [5.41, 5.74) is 0. The minimum atomic E-state index is -0.783. The summed E-state index contributed by atoms with van der Waals surface area (Å²) in [5.74, 6) is -2.00. The van der Waals surface area contributed by atoms with Crippen LogP contribution in [-0.2, 0) is 14.4 Å². The van der Waals surface area contributed by atoms with Gasteiger partial charge in [-0.05, 0) is 38.5 Å². The number of rotatable bonds is 6. The van der Waals surface area contributed by atoms with Gasteiger partial charge >= 0.3 is 17.9 Å². The fourth-order valence-corrected chi connectivity index (χ4v) is 4.75. The van der Waals surface area contributed by atoms with Crippen LogP contribution in [0.2, 0.25) is 0 Å². The molecule has 0 spiro atoms. The molecule has 0 aromatic carbocycles. The van der Waals surface area contributed by atoms with Gasteiger partial charge in [-0.1, -0.05) is 0 Å². The first-order valence-corrected chi connectivity index (χ1v) is 11.5. The van der Waals surface area contributed by atoms with E-state index in [-0.39, 0.29) is 17.8 Å². The van der Waals surface area contributed by atoms with Crippen LogP contribution in [0.15, 0.2) is 0 Å².